The third kappa shape index (κ3) is 10.4. The number of nitrogens with one attached hydrogen (secondary N) is 4. The van der Waals surface area contributed by atoms with E-state index in [-0.39, 0.29) is 57.4 Å². The van der Waals surface area contributed by atoms with Crippen molar-refractivity contribution in [2.75, 3.05) is 10.6 Å². The van der Waals surface area contributed by atoms with E-state index >= 15 is 0 Å². The van der Waals surface area contributed by atoms with E-state index in [0.29, 0.717) is 33.3 Å². The van der Waals surface area contributed by atoms with Crippen LogP contribution in [0.3, 0.4) is 0 Å². The SMILES string of the molecule is Cl.Cn1cnc(-c2ccc3c(Oc4ccc(NC(=O)NC5CC5)c(Cl)c4F)ccnc3c2)c1.Cn1cnc(-c2ccc3c(Oc4ccc(NC(=O)NC5CC5)c(Cl)c4F)ccnc3c2)c1. The largest absolute Gasteiger partial charge is 0.453 e. The Bertz CT molecular complexity index is 2880. The van der Waals surface area contributed by atoms with Crippen molar-refractivity contribution < 1.29 is 27.8 Å². The Morgan fingerprint density at radius 1 is 0.600 bits per heavy atom. The van der Waals surface area contributed by atoms with E-state index in [2.05, 4.69) is 41.2 Å². The molecular weight excluding hydrogens is 901 g/mol. The molecule has 65 heavy (non-hydrogen) atoms. The van der Waals surface area contributed by atoms with E-state index in [1.54, 1.807) is 37.2 Å². The zero-order valence-corrected chi connectivity index (χ0v) is 36.9. The summed E-state index contributed by atoms with van der Waals surface area (Å²) in [5.41, 5.74) is 5.21. The Morgan fingerprint density at radius 3 is 1.38 bits per heavy atom. The number of pyridine rings is 2. The van der Waals surface area contributed by atoms with Gasteiger partial charge in [-0.15, -0.1) is 12.4 Å². The zero-order chi connectivity index (χ0) is 44.5. The number of aryl methyl sites for hydroxylation is 2. The molecule has 2 fully saturated rings. The maximum absolute atomic E-state index is 14.9. The van der Waals surface area contributed by atoms with E-state index in [4.69, 9.17) is 32.7 Å². The van der Waals surface area contributed by atoms with Crippen LogP contribution in [0.2, 0.25) is 10.0 Å². The number of hydrogen-bond acceptors (Lipinski definition) is 8. The molecule has 0 bridgehead atoms. The van der Waals surface area contributed by atoms with Crippen molar-refractivity contribution in [3.8, 4) is 45.5 Å². The Morgan fingerprint density at radius 2 is 1.02 bits per heavy atom. The average Bonchev–Trinajstić information content (AvgIpc) is 4.20. The van der Waals surface area contributed by atoms with E-state index < -0.39 is 23.7 Å². The van der Waals surface area contributed by atoms with Gasteiger partial charge in [-0.25, -0.2) is 28.3 Å². The van der Waals surface area contributed by atoms with Crippen LogP contribution >= 0.6 is 35.6 Å². The molecule has 19 heteroatoms. The summed E-state index contributed by atoms with van der Waals surface area (Å²) >= 11 is 12.3. The molecule has 8 aromatic rings. The van der Waals surface area contributed by atoms with Gasteiger partial charge < -0.3 is 39.9 Å². The number of rotatable bonds is 10. The third-order valence-corrected chi connectivity index (χ3v) is 11.0. The number of anilines is 2. The van der Waals surface area contributed by atoms with Gasteiger partial charge in [0, 0.05) is 72.9 Å². The number of fused-ring (bicyclic) bond motifs is 2. The monoisotopic (exact) mass is 938 g/mol. The van der Waals surface area contributed by atoms with Gasteiger partial charge in [0.15, 0.2) is 23.1 Å². The molecule has 10 rings (SSSR count). The number of carbonyl (C=O) groups is 2. The van der Waals surface area contributed by atoms with Crippen LogP contribution in [0.1, 0.15) is 25.7 Å². The predicted molar refractivity (Wildman–Crippen MR) is 248 cm³/mol. The smallest absolute Gasteiger partial charge is 0.319 e. The lowest BCUT2D eigenvalue weighted by molar-refractivity contribution is 0.251. The molecule has 4 aromatic carbocycles. The number of imidazole rings is 2. The fourth-order valence-corrected chi connectivity index (χ4v) is 7.06. The van der Waals surface area contributed by atoms with Crippen molar-refractivity contribution in [3.05, 3.63) is 132 Å². The number of nitrogens with zero attached hydrogens (tertiary/aromatic N) is 6. The van der Waals surface area contributed by atoms with Gasteiger partial charge in [0.1, 0.15) is 21.5 Å². The number of halogens is 5. The summed E-state index contributed by atoms with van der Waals surface area (Å²) < 4.78 is 45.2. The first-order valence-corrected chi connectivity index (χ1v) is 20.9. The second kappa shape index (κ2) is 19.0. The standard InChI is InChI=1S/2C23H19ClFN5O2.ClH/c2*1-30-11-18(27-12-30)13-2-5-15-17(10-13)26-9-8-19(15)32-20-7-6-16(21(24)22(20)25)29-23(31)28-14-3-4-14;/h2*2,5-12,14H,3-4H2,1H3,(H2,28,29,31);1H. The fourth-order valence-electron chi connectivity index (χ4n) is 6.66. The van der Waals surface area contributed by atoms with Gasteiger partial charge in [0.05, 0.1) is 46.5 Å². The zero-order valence-electron chi connectivity index (χ0n) is 34.6. The molecule has 0 atom stereocenters. The van der Waals surface area contributed by atoms with Gasteiger partial charge in [0.25, 0.3) is 0 Å². The maximum atomic E-state index is 14.9. The second-order valence-corrected chi connectivity index (χ2v) is 16.1. The molecule has 2 aliphatic rings. The first-order valence-electron chi connectivity index (χ1n) is 20.2. The van der Waals surface area contributed by atoms with Crippen molar-refractivity contribution in [3.63, 3.8) is 0 Å². The summed E-state index contributed by atoms with van der Waals surface area (Å²) in [4.78, 5) is 41.4. The molecule has 14 nitrogen and oxygen atoms in total. The van der Waals surface area contributed by atoms with E-state index in [1.807, 2.05) is 72.0 Å². The Labute approximate surface area is 386 Å². The van der Waals surface area contributed by atoms with Crippen molar-refractivity contribution >= 4 is 80.9 Å². The van der Waals surface area contributed by atoms with Gasteiger partial charge in [-0.1, -0.05) is 35.3 Å². The number of benzene rings is 4. The summed E-state index contributed by atoms with van der Waals surface area (Å²) in [6.45, 7) is 0. The first kappa shape index (κ1) is 44.6. The van der Waals surface area contributed by atoms with Crippen LogP contribution in [0.25, 0.3) is 44.3 Å². The van der Waals surface area contributed by atoms with Crippen LogP contribution in [0.4, 0.5) is 29.7 Å². The summed E-state index contributed by atoms with van der Waals surface area (Å²) in [5.74, 6) is -0.750. The molecular formula is C46H39Cl3F2N10O4. The Hall–Kier alpha value is -7.01. The molecule has 0 aliphatic heterocycles. The minimum atomic E-state index is -0.758. The highest BCUT2D eigenvalue weighted by atomic mass is 35.5. The van der Waals surface area contributed by atoms with Crippen LogP contribution in [0, 0.1) is 11.6 Å². The van der Waals surface area contributed by atoms with E-state index in [0.717, 1.165) is 48.2 Å². The highest BCUT2D eigenvalue weighted by molar-refractivity contribution is 6.34. The quantitative estimate of drug-likeness (QED) is 0.105. The third-order valence-electron chi connectivity index (χ3n) is 10.3. The molecule has 4 aromatic heterocycles. The van der Waals surface area contributed by atoms with Crippen molar-refractivity contribution in [2.45, 2.75) is 37.8 Å². The maximum Gasteiger partial charge on any atom is 0.319 e. The summed E-state index contributed by atoms with van der Waals surface area (Å²) in [7, 11) is 3.81. The Kier molecular flexibility index (Phi) is 13.0. The average molecular weight is 940 g/mol. The van der Waals surface area contributed by atoms with Crippen LogP contribution in [-0.2, 0) is 14.1 Å². The normalized spacial score (nSPS) is 13.0. The van der Waals surface area contributed by atoms with E-state index in [9.17, 15) is 18.4 Å². The minimum Gasteiger partial charge on any atom is -0.453 e. The minimum absolute atomic E-state index is 0. The van der Waals surface area contributed by atoms with Crippen LogP contribution < -0.4 is 30.7 Å². The van der Waals surface area contributed by atoms with Crippen molar-refractivity contribution in [1.82, 2.24) is 39.7 Å². The van der Waals surface area contributed by atoms with Gasteiger partial charge in [-0.3, -0.25) is 9.97 Å². The molecule has 0 spiro atoms. The van der Waals surface area contributed by atoms with Gasteiger partial charge in [-0.05, 0) is 86.3 Å². The number of amides is 4. The van der Waals surface area contributed by atoms with Gasteiger partial charge >= 0.3 is 12.1 Å². The number of hydrogen-bond donors (Lipinski definition) is 4. The molecule has 4 N–H and O–H groups in total. The lowest BCUT2D eigenvalue weighted by atomic mass is 10.1. The number of ether oxygens (including phenoxy) is 2. The predicted octanol–water partition coefficient (Wildman–Crippen LogP) is 11.4. The molecule has 0 saturated heterocycles. The Balaban J connectivity index is 0.000000175. The summed E-state index contributed by atoms with van der Waals surface area (Å²) in [6.07, 6.45) is 14.3. The van der Waals surface area contributed by atoms with Crippen molar-refractivity contribution in [2.24, 2.45) is 14.1 Å². The number of carbonyl (C=O) groups excluding carboxylic acids is 2. The molecule has 332 valence electrons. The number of aromatic nitrogens is 6. The van der Waals surface area contributed by atoms with Gasteiger partial charge in [-0.2, -0.15) is 0 Å². The highest BCUT2D eigenvalue weighted by Gasteiger charge is 2.25. The summed E-state index contributed by atoms with van der Waals surface area (Å²) in [6, 6.07) is 20.1. The topological polar surface area (TPSA) is 162 Å². The lowest BCUT2D eigenvalue weighted by Gasteiger charge is -2.13. The highest BCUT2D eigenvalue weighted by Crippen LogP contribution is 2.39. The molecule has 2 aliphatic carbocycles. The van der Waals surface area contributed by atoms with E-state index in [1.165, 1.54) is 24.3 Å². The molecule has 0 unspecified atom stereocenters. The number of urea groups is 2. The fraction of sp³-hybridized carbons (Fsp3) is 0.174. The molecule has 2 saturated carbocycles. The molecule has 0 radical (unpaired) electrons. The van der Waals surface area contributed by atoms with Crippen LogP contribution in [-0.4, -0.2) is 53.2 Å². The molecule has 4 amide bonds. The van der Waals surface area contributed by atoms with Crippen LogP contribution in [0.5, 0.6) is 23.0 Å². The first-order chi connectivity index (χ1) is 30.9. The summed E-state index contributed by atoms with van der Waals surface area (Å²) in [5, 5.41) is 11.7. The second-order valence-electron chi connectivity index (χ2n) is 15.4. The molecule has 4 heterocycles. The van der Waals surface area contributed by atoms with Gasteiger partial charge in [0.2, 0.25) is 0 Å². The lowest BCUT2D eigenvalue weighted by Crippen LogP contribution is -2.30. The van der Waals surface area contributed by atoms with Crippen molar-refractivity contribution in [1.29, 1.82) is 0 Å². The van der Waals surface area contributed by atoms with Crippen LogP contribution in [0.15, 0.2) is 110 Å².